The molecule has 0 atom stereocenters. The number of ether oxygens (including phenoxy) is 2. The Hall–Kier alpha value is -2.05. The minimum Gasteiger partial charge on any atom is -0.469 e. The normalized spacial score (nSPS) is 10.3. The predicted octanol–water partition coefficient (Wildman–Crippen LogP) is 0.904. The van der Waals surface area contributed by atoms with Crippen LogP contribution in [0.3, 0.4) is 0 Å². The van der Waals surface area contributed by atoms with Crippen molar-refractivity contribution in [2.75, 3.05) is 19.5 Å². The van der Waals surface area contributed by atoms with Gasteiger partial charge in [-0.2, -0.15) is 5.10 Å². The fraction of sp³-hybridized carbons (Fsp3) is 0.583. The van der Waals surface area contributed by atoms with E-state index in [0.29, 0.717) is 24.3 Å². The van der Waals surface area contributed by atoms with Gasteiger partial charge in [0, 0.05) is 13.0 Å². The Morgan fingerprint density at radius 3 is 2.68 bits per heavy atom. The number of nitrogens with zero attached hydrogens (tertiary/aromatic N) is 2. The summed E-state index contributed by atoms with van der Waals surface area (Å²) in [6.45, 7) is 4.27. The molecule has 1 rings (SSSR count). The molecule has 1 aromatic heterocycles. The van der Waals surface area contributed by atoms with E-state index in [-0.39, 0.29) is 24.7 Å². The number of anilines is 1. The topological polar surface area (TPSA) is 96.4 Å². The number of esters is 2. The van der Waals surface area contributed by atoms with Gasteiger partial charge in [0.05, 0.1) is 25.1 Å². The summed E-state index contributed by atoms with van der Waals surface area (Å²) in [6.07, 6.45) is 0.628. The largest absolute Gasteiger partial charge is 0.469 e. The number of methoxy groups -OCH3 is 1. The Labute approximate surface area is 111 Å². The Kier molecular flexibility index (Phi) is 5.35. The average Bonchev–Trinajstić information content (AvgIpc) is 2.69. The van der Waals surface area contributed by atoms with Gasteiger partial charge in [0.1, 0.15) is 0 Å². The third-order valence-corrected chi connectivity index (χ3v) is 2.65. The molecular weight excluding hydrogens is 250 g/mol. The molecule has 0 saturated heterocycles. The van der Waals surface area contributed by atoms with E-state index in [9.17, 15) is 9.59 Å². The van der Waals surface area contributed by atoms with Crippen LogP contribution in [0.15, 0.2) is 0 Å². The lowest BCUT2D eigenvalue weighted by molar-refractivity contribution is -0.140. The van der Waals surface area contributed by atoms with Crippen molar-refractivity contribution in [1.82, 2.24) is 9.78 Å². The van der Waals surface area contributed by atoms with E-state index in [2.05, 4.69) is 9.84 Å². The molecule has 0 aliphatic heterocycles. The number of carbonyl (C=O) groups is 2. The fourth-order valence-corrected chi connectivity index (χ4v) is 1.59. The molecule has 0 aromatic carbocycles. The standard InChI is InChI=1S/C12H19N3O4/c1-4-15-11(10(13)8(2)14-15)12(17)19-7-5-6-9(16)18-3/h4-7,13H2,1-3H3. The quantitative estimate of drug-likeness (QED) is 0.609. The van der Waals surface area contributed by atoms with Gasteiger partial charge in [0.2, 0.25) is 0 Å². The van der Waals surface area contributed by atoms with Crippen LogP contribution < -0.4 is 5.73 Å². The summed E-state index contributed by atoms with van der Waals surface area (Å²) < 4.78 is 11.1. The number of hydrogen-bond acceptors (Lipinski definition) is 6. The smallest absolute Gasteiger partial charge is 0.358 e. The average molecular weight is 269 g/mol. The van der Waals surface area contributed by atoms with E-state index in [1.54, 1.807) is 6.92 Å². The van der Waals surface area contributed by atoms with Crippen LogP contribution in [-0.2, 0) is 20.8 Å². The molecule has 0 aliphatic carbocycles. The highest BCUT2D eigenvalue weighted by molar-refractivity contribution is 5.93. The van der Waals surface area contributed by atoms with Crippen LogP contribution in [0, 0.1) is 6.92 Å². The Morgan fingerprint density at radius 2 is 2.11 bits per heavy atom. The Balaban J connectivity index is 2.56. The van der Waals surface area contributed by atoms with E-state index in [1.165, 1.54) is 11.8 Å². The summed E-state index contributed by atoms with van der Waals surface area (Å²) >= 11 is 0. The monoisotopic (exact) mass is 269 g/mol. The number of aromatic nitrogens is 2. The predicted molar refractivity (Wildman–Crippen MR) is 68.6 cm³/mol. The van der Waals surface area contributed by atoms with Gasteiger partial charge in [-0.3, -0.25) is 9.48 Å². The lowest BCUT2D eigenvalue weighted by atomic mass is 10.3. The molecule has 0 spiro atoms. The summed E-state index contributed by atoms with van der Waals surface area (Å²) in [6, 6.07) is 0. The zero-order valence-corrected chi connectivity index (χ0v) is 11.4. The first-order valence-corrected chi connectivity index (χ1v) is 6.08. The van der Waals surface area contributed by atoms with Crippen molar-refractivity contribution in [3.63, 3.8) is 0 Å². The van der Waals surface area contributed by atoms with Gasteiger partial charge in [-0.15, -0.1) is 0 Å². The number of nitrogens with two attached hydrogens (primary N) is 1. The van der Waals surface area contributed by atoms with Crippen molar-refractivity contribution in [3.8, 4) is 0 Å². The van der Waals surface area contributed by atoms with Crippen LogP contribution in [0.4, 0.5) is 5.69 Å². The number of carbonyl (C=O) groups excluding carboxylic acids is 2. The van der Waals surface area contributed by atoms with Gasteiger partial charge in [-0.05, 0) is 20.3 Å². The molecule has 0 saturated carbocycles. The first-order valence-electron chi connectivity index (χ1n) is 6.08. The second-order valence-electron chi connectivity index (χ2n) is 3.98. The van der Waals surface area contributed by atoms with Crippen molar-refractivity contribution in [1.29, 1.82) is 0 Å². The van der Waals surface area contributed by atoms with Crippen molar-refractivity contribution in [2.24, 2.45) is 0 Å². The lowest BCUT2D eigenvalue weighted by Crippen LogP contribution is -2.15. The fourth-order valence-electron chi connectivity index (χ4n) is 1.59. The van der Waals surface area contributed by atoms with Gasteiger partial charge in [-0.25, -0.2) is 4.79 Å². The first-order chi connectivity index (χ1) is 9.01. The van der Waals surface area contributed by atoms with Gasteiger partial charge >= 0.3 is 11.9 Å². The zero-order chi connectivity index (χ0) is 14.4. The molecule has 0 aliphatic rings. The number of nitrogen functional groups attached to an aromatic ring is 1. The molecule has 1 aromatic rings. The van der Waals surface area contributed by atoms with Crippen molar-refractivity contribution in [3.05, 3.63) is 11.4 Å². The Morgan fingerprint density at radius 1 is 1.42 bits per heavy atom. The molecular formula is C12H19N3O4. The Bertz CT molecular complexity index is 468. The molecule has 2 N–H and O–H groups in total. The zero-order valence-electron chi connectivity index (χ0n) is 11.4. The van der Waals surface area contributed by atoms with Gasteiger partial charge in [-0.1, -0.05) is 0 Å². The molecule has 19 heavy (non-hydrogen) atoms. The number of rotatable bonds is 6. The van der Waals surface area contributed by atoms with Gasteiger partial charge in [0.15, 0.2) is 5.69 Å². The van der Waals surface area contributed by atoms with E-state index in [0.717, 1.165) is 0 Å². The summed E-state index contributed by atoms with van der Waals surface area (Å²) in [5, 5.41) is 4.14. The molecule has 0 radical (unpaired) electrons. The van der Waals surface area contributed by atoms with E-state index < -0.39 is 5.97 Å². The van der Waals surface area contributed by atoms with E-state index in [1.807, 2.05) is 6.92 Å². The van der Waals surface area contributed by atoms with Crippen LogP contribution in [-0.4, -0.2) is 35.4 Å². The molecule has 106 valence electrons. The number of aryl methyl sites for hydroxylation is 2. The molecule has 1 heterocycles. The highest BCUT2D eigenvalue weighted by Crippen LogP contribution is 2.17. The summed E-state index contributed by atoms with van der Waals surface area (Å²) in [5.74, 6) is -0.852. The SMILES string of the molecule is CCn1nc(C)c(N)c1C(=O)OCCCC(=O)OC. The lowest BCUT2D eigenvalue weighted by Gasteiger charge is -2.06. The van der Waals surface area contributed by atoms with Crippen molar-refractivity contribution >= 4 is 17.6 Å². The molecule has 0 amide bonds. The van der Waals surface area contributed by atoms with Crippen LogP contribution >= 0.6 is 0 Å². The molecule has 7 heteroatoms. The third kappa shape index (κ3) is 3.70. The van der Waals surface area contributed by atoms with Crippen LogP contribution in [0.2, 0.25) is 0 Å². The summed E-state index contributed by atoms with van der Waals surface area (Å²) in [5.41, 5.74) is 6.99. The summed E-state index contributed by atoms with van der Waals surface area (Å²) in [7, 11) is 1.32. The minimum atomic E-state index is -0.523. The maximum absolute atomic E-state index is 11.9. The number of hydrogen-bond donors (Lipinski definition) is 1. The van der Waals surface area contributed by atoms with Crippen molar-refractivity contribution < 1.29 is 19.1 Å². The van der Waals surface area contributed by atoms with E-state index in [4.69, 9.17) is 10.5 Å². The molecule has 0 bridgehead atoms. The van der Waals surface area contributed by atoms with Crippen molar-refractivity contribution in [2.45, 2.75) is 33.2 Å². The third-order valence-electron chi connectivity index (χ3n) is 2.65. The van der Waals surface area contributed by atoms with Gasteiger partial charge < -0.3 is 15.2 Å². The maximum Gasteiger partial charge on any atom is 0.358 e. The summed E-state index contributed by atoms with van der Waals surface area (Å²) in [4.78, 5) is 22.8. The minimum absolute atomic E-state index is 0.140. The second kappa shape index (κ2) is 6.77. The van der Waals surface area contributed by atoms with Gasteiger partial charge in [0.25, 0.3) is 0 Å². The van der Waals surface area contributed by atoms with Crippen LogP contribution in [0.5, 0.6) is 0 Å². The van der Waals surface area contributed by atoms with E-state index >= 15 is 0 Å². The molecule has 0 unspecified atom stereocenters. The van der Waals surface area contributed by atoms with Crippen LogP contribution in [0.1, 0.15) is 35.9 Å². The maximum atomic E-state index is 11.9. The second-order valence-corrected chi connectivity index (χ2v) is 3.98. The highest BCUT2D eigenvalue weighted by atomic mass is 16.5. The highest BCUT2D eigenvalue weighted by Gasteiger charge is 2.20. The first kappa shape index (κ1) is 15.0. The molecule has 0 fully saturated rings. The molecule has 7 nitrogen and oxygen atoms in total. The van der Waals surface area contributed by atoms with Crippen LogP contribution in [0.25, 0.3) is 0 Å².